The van der Waals surface area contributed by atoms with Crippen molar-refractivity contribution in [3.8, 4) is 0 Å². The van der Waals surface area contributed by atoms with Crippen LogP contribution in [0.3, 0.4) is 0 Å². The topological polar surface area (TPSA) is 12.0 Å². The zero-order valence-electron chi connectivity index (χ0n) is 21.4. The number of fused-ring (bicyclic) bond motifs is 5. The molecule has 10 atom stereocenters. The van der Waals surface area contributed by atoms with Gasteiger partial charge < -0.3 is 5.32 Å². The molecule has 1 nitrogen and oxygen atoms in total. The molecule has 0 saturated heterocycles. The molecule has 178 valence electrons. The van der Waals surface area contributed by atoms with Crippen LogP contribution < -0.4 is 5.32 Å². The molecular weight excluding hydrogens is 386 g/mol. The fraction of sp³-hybridized carbons (Fsp3) is 0.806. The van der Waals surface area contributed by atoms with Crippen LogP contribution in [0.2, 0.25) is 0 Å². The summed E-state index contributed by atoms with van der Waals surface area (Å²) < 4.78 is 0. The van der Waals surface area contributed by atoms with E-state index in [4.69, 9.17) is 0 Å². The fourth-order valence-corrected chi connectivity index (χ4v) is 9.83. The van der Waals surface area contributed by atoms with Crippen LogP contribution in [0.25, 0.3) is 0 Å². The highest BCUT2D eigenvalue weighted by Crippen LogP contribution is 2.65. The molecule has 32 heavy (non-hydrogen) atoms. The van der Waals surface area contributed by atoms with Crippen molar-refractivity contribution in [2.45, 2.75) is 110 Å². The van der Waals surface area contributed by atoms with E-state index in [2.05, 4.69) is 63.3 Å². The lowest BCUT2D eigenvalue weighted by Crippen LogP contribution is -2.51. The van der Waals surface area contributed by atoms with E-state index >= 15 is 0 Å². The first kappa shape index (κ1) is 22.9. The summed E-state index contributed by atoms with van der Waals surface area (Å²) in [7, 11) is 0. The normalized spacial score (nSPS) is 43.1. The molecule has 4 aliphatic carbocycles. The summed E-state index contributed by atoms with van der Waals surface area (Å²) in [5, 5.41) is 4.03. The van der Waals surface area contributed by atoms with E-state index in [1.807, 2.05) is 0 Å². The maximum Gasteiger partial charge on any atom is 0.0294 e. The van der Waals surface area contributed by atoms with Gasteiger partial charge in [-0.3, -0.25) is 0 Å². The van der Waals surface area contributed by atoms with Crippen molar-refractivity contribution in [2.24, 2.45) is 46.8 Å². The first-order chi connectivity index (χ1) is 15.5. The van der Waals surface area contributed by atoms with Crippen LogP contribution >= 0.6 is 0 Å². The van der Waals surface area contributed by atoms with E-state index in [0.717, 1.165) is 41.4 Å². The highest BCUT2D eigenvalue weighted by atomic mass is 15.0. The molecule has 1 N–H and O–H groups in total. The van der Waals surface area contributed by atoms with Crippen molar-refractivity contribution >= 4 is 0 Å². The summed E-state index contributed by atoms with van der Waals surface area (Å²) in [5.74, 6) is 7.17. The molecule has 1 aromatic rings. The van der Waals surface area contributed by atoms with Gasteiger partial charge >= 0.3 is 0 Å². The summed E-state index contributed by atoms with van der Waals surface area (Å²) in [6, 6.07) is 12.1. The quantitative estimate of drug-likeness (QED) is 0.473. The zero-order valence-corrected chi connectivity index (χ0v) is 21.4. The Morgan fingerprint density at radius 3 is 2.47 bits per heavy atom. The molecule has 0 radical (unpaired) electrons. The fourth-order valence-electron chi connectivity index (χ4n) is 9.83. The monoisotopic (exact) mass is 435 g/mol. The molecule has 4 aliphatic rings. The number of nitrogens with one attached hydrogen (secondary N) is 1. The molecule has 1 unspecified atom stereocenters. The van der Waals surface area contributed by atoms with Gasteiger partial charge in [-0.25, -0.2) is 0 Å². The van der Waals surface area contributed by atoms with Crippen molar-refractivity contribution in [1.29, 1.82) is 0 Å². The molecule has 1 aromatic carbocycles. The standard InChI is InChI=1S/C31H49N/c1-5-9-23-12-14-26-25(20-23)13-15-28-27(26)18-19-31(4)29(16-17-30(28)31)22(3)32-21(2)24-10-7-6-8-11-24/h6-8,10-11,21-23,25-30,32H,5,9,12-20H2,1-4H3/t21-,22-,23+,25-,26+,27-,28-,29?,30+,31-/m1/s1. The van der Waals surface area contributed by atoms with Crippen molar-refractivity contribution in [2.75, 3.05) is 0 Å². The molecule has 0 amide bonds. The minimum absolute atomic E-state index is 0.443. The van der Waals surface area contributed by atoms with Crippen LogP contribution in [-0.4, -0.2) is 6.04 Å². The van der Waals surface area contributed by atoms with Gasteiger partial charge in [-0.2, -0.15) is 0 Å². The number of hydrogen-bond acceptors (Lipinski definition) is 1. The molecule has 0 aromatic heterocycles. The second kappa shape index (κ2) is 9.44. The lowest BCUT2D eigenvalue weighted by Gasteiger charge is -2.57. The smallest absolute Gasteiger partial charge is 0.0294 e. The van der Waals surface area contributed by atoms with Gasteiger partial charge in [0.15, 0.2) is 0 Å². The van der Waals surface area contributed by atoms with Gasteiger partial charge in [0.25, 0.3) is 0 Å². The number of hydrogen-bond donors (Lipinski definition) is 1. The van der Waals surface area contributed by atoms with Gasteiger partial charge in [-0.05, 0) is 118 Å². The third kappa shape index (κ3) is 4.10. The SMILES string of the molecule is CCC[C@H]1CC[C@H]2[C@H](CC[C@@H]3[C@@H]2CC[C@]2(C)C([C@@H](C)N[C@H](C)c4ccccc4)CC[C@@H]32)C1. The largest absolute Gasteiger partial charge is 0.307 e. The molecular formula is C31H49N. The van der Waals surface area contributed by atoms with E-state index in [-0.39, 0.29) is 0 Å². The zero-order chi connectivity index (χ0) is 22.3. The van der Waals surface area contributed by atoms with Gasteiger partial charge in [0.2, 0.25) is 0 Å². The van der Waals surface area contributed by atoms with E-state index in [0.29, 0.717) is 17.5 Å². The lowest BCUT2D eigenvalue weighted by atomic mass is 9.49. The average molecular weight is 436 g/mol. The summed E-state index contributed by atoms with van der Waals surface area (Å²) in [4.78, 5) is 0. The molecule has 1 heteroatoms. The van der Waals surface area contributed by atoms with Crippen LogP contribution in [0.1, 0.15) is 110 Å². The van der Waals surface area contributed by atoms with Gasteiger partial charge in [0.1, 0.15) is 0 Å². The summed E-state index contributed by atoms with van der Waals surface area (Å²) in [6.45, 7) is 9.95. The number of rotatable bonds is 6. The Balaban J connectivity index is 1.25. The van der Waals surface area contributed by atoms with Crippen molar-refractivity contribution < 1.29 is 0 Å². The van der Waals surface area contributed by atoms with E-state index in [1.54, 1.807) is 32.1 Å². The number of benzene rings is 1. The van der Waals surface area contributed by atoms with Gasteiger partial charge in [-0.15, -0.1) is 0 Å². The van der Waals surface area contributed by atoms with Crippen molar-refractivity contribution in [1.82, 2.24) is 5.32 Å². The third-order valence-corrected chi connectivity index (χ3v) is 11.2. The summed E-state index contributed by atoms with van der Waals surface area (Å²) >= 11 is 0. The molecule has 0 spiro atoms. The molecule has 0 aliphatic heterocycles. The average Bonchev–Trinajstić information content (AvgIpc) is 3.17. The van der Waals surface area contributed by atoms with E-state index in [1.165, 1.54) is 44.1 Å². The Bertz CT molecular complexity index is 742. The highest BCUT2D eigenvalue weighted by Gasteiger charge is 2.57. The minimum atomic E-state index is 0.443. The summed E-state index contributed by atoms with van der Waals surface area (Å²) in [6.07, 6.45) is 16.7. The third-order valence-electron chi connectivity index (χ3n) is 11.2. The molecule has 0 heterocycles. The van der Waals surface area contributed by atoms with Crippen LogP contribution in [0.4, 0.5) is 0 Å². The van der Waals surface area contributed by atoms with Crippen molar-refractivity contribution in [3.05, 3.63) is 35.9 Å². The van der Waals surface area contributed by atoms with Gasteiger partial charge in [0, 0.05) is 12.1 Å². The van der Waals surface area contributed by atoms with Crippen LogP contribution in [0.15, 0.2) is 30.3 Å². The van der Waals surface area contributed by atoms with Crippen LogP contribution in [0, 0.1) is 46.8 Å². The Kier molecular flexibility index (Phi) is 6.77. The summed E-state index contributed by atoms with van der Waals surface area (Å²) in [5.41, 5.74) is 2.00. The van der Waals surface area contributed by atoms with E-state index < -0.39 is 0 Å². The highest BCUT2D eigenvalue weighted by molar-refractivity contribution is 5.18. The Hall–Kier alpha value is -0.820. The predicted molar refractivity (Wildman–Crippen MR) is 136 cm³/mol. The maximum absolute atomic E-state index is 4.03. The first-order valence-corrected chi connectivity index (χ1v) is 14.3. The van der Waals surface area contributed by atoms with Crippen LogP contribution in [-0.2, 0) is 0 Å². The molecule has 4 fully saturated rings. The van der Waals surface area contributed by atoms with Crippen molar-refractivity contribution in [3.63, 3.8) is 0 Å². The predicted octanol–water partition coefficient (Wildman–Crippen LogP) is 8.41. The first-order valence-electron chi connectivity index (χ1n) is 14.3. The van der Waals surface area contributed by atoms with Gasteiger partial charge in [-0.1, -0.05) is 63.4 Å². The van der Waals surface area contributed by atoms with E-state index in [9.17, 15) is 0 Å². The Labute approximate surface area is 198 Å². The van der Waals surface area contributed by atoms with Gasteiger partial charge in [0.05, 0.1) is 0 Å². The second-order valence-corrected chi connectivity index (χ2v) is 12.7. The lowest BCUT2D eigenvalue weighted by molar-refractivity contribution is -0.0718. The van der Waals surface area contributed by atoms with Crippen LogP contribution in [0.5, 0.6) is 0 Å². The molecule has 0 bridgehead atoms. The second-order valence-electron chi connectivity index (χ2n) is 12.7. The maximum atomic E-state index is 4.03. The Morgan fingerprint density at radius 1 is 0.906 bits per heavy atom. The molecule has 5 rings (SSSR count). The molecule has 4 saturated carbocycles. The Morgan fingerprint density at radius 2 is 1.69 bits per heavy atom. The minimum Gasteiger partial charge on any atom is -0.307 e.